The van der Waals surface area contributed by atoms with E-state index >= 15 is 0 Å². The number of hydrogen-bond acceptors (Lipinski definition) is 3. The second kappa shape index (κ2) is 6.83. The largest absolute Gasteiger partial charge is 0.329 e. The molecule has 0 aliphatic heterocycles. The molecule has 142 valence electrons. The molecule has 0 saturated heterocycles. The summed E-state index contributed by atoms with van der Waals surface area (Å²) in [4.78, 5) is 29.0. The molecule has 6 heteroatoms. The molecule has 0 saturated carbocycles. The van der Waals surface area contributed by atoms with E-state index in [9.17, 15) is 14.0 Å². The number of nitrogens with zero attached hydrogens (tertiary/aromatic N) is 1. The van der Waals surface area contributed by atoms with Crippen LogP contribution in [0.2, 0.25) is 0 Å². The van der Waals surface area contributed by atoms with Gasteiger partial charge in [0.05, 0.1) is 11.9 Å². The Balaban J connectivity index is 1.69. The average Bonchev–Trinajstić information content (AvgIpc) is 3.14. The van der Waals surface area contributed by atoms with Gasteiger partial charge in [-0.25, -0.2) is 9.18 Å². The van der Waals surface area contributed by atoms with E-state index in [1.807, 2.05) is 47.8 Å². The quantitative estimate of drug-likeness (QED) is 0.473. The summed E-state index contributed by atoms with van der Waals surface area (Å²) >= 11 is 1.33. The van der Waals surface area contributed by atoms with Crippen LogP contribution in [0, 0.1) is 5.82 Å². The van der Waals surface area contributed by atoms with Crippen LogP contribution in [0.4, 0.5) is 4.39 Å². The molecule has 2 aromatic heterocycles. The van der Waals surface area contributed by atoms with Crippen molar-refractivity contribution in [3.05, 3.63) is 104 Å². The van der Waals surface area contributed by atoms with Crippen LogP contribution < -0.4 is 11.2 Å². The Morgan fingerprint density at radius 2 is 1.76 bits per heavy atom. The highest BCUT2D eigenvalue weighted by Gasteiger charge is 2.15. The van der Waals surface area contributed by atoms with E-state index in [2.05, 4.69) is 4.98 Å². The second-order valence-electron chi connectivity index (χ2n) is 6.87. The summed E-state index contributed by atoms with van der Waals surface area (Å²) < 4.78 is 14.6. The molecule has 0 radical (unpaired) electrons. The van der Waals surface area contributed by atoms with Gasteiger partial charge in [-0.1, -0.05) is 48.5 Å². The average molecular weight is 402 g/mol. The first-order valence-electron chi connectivity index (χ1n) is 9.08. The highest BCUT2D eigenvalue weighted by Crippen LogP contribution is 2.32. The number of aromatic amines is 1. The molecular weight excluding hydrogens is 387 g/mol. The van der Waals surface area contributed by atoms with Crippen LogP contribution in [0.25, 0.3) is 32.1 Å². The molecule has 0 fully saturated rings. The third-order valence-electron chi connectivity index (χ3n) is 5.01. The van der Waals surface area contributed by atoms with E-state index in [1.165, 1.54) is 23.5 Å². The van der Waals surface area contributed by atoms with Crippen molar-refractivity contribution in [2.75, 3.05) is 0 Å². The zero-order valence-corrected chi connectivity index (χ0v) is 16.0. The smallest absolute Gasteiger partial charge is 0.298 e. The Kier molecular flexibility index (Phi) is 4.14. The van der Waals surface area contributed by atoms with Crippen LogP contribution in [-0.4, -0.2) is 9.55 Å². The van der Waals surface area contributed by atoms with Crippen LogP contribution in [0.3, 0.4) is 0 Å². The van der Waals surface area contributed by atoms with Crippen molar-refractivity contribution < 1.29 is 4.39 Å². The molecule has 0 spiro atoms. The fourth-order valence-electron chi connectivity index (χ4n) is 3.58. The SMILES string of the molecule is O=c1[nH]c2scc(-c3ccc4ccccc4c3)c2c(=O)n1Cc1cccc(F)c1. The lowest BCUT2D eigenvalue weighted by atomic mass is 10.0. The summed E-state index contributed by atoms with van der Waals surface area (Å²) in [7, 11) is 0. The first-order chi connectivity index (χ1) is 14.1. The van der Waals surface area contributed by atoms with Crippen molar-refractivity contribution in [1.29, 1.82) is 0 Å². The molecule has 0 atom stereocenters. The van der Waals surface area contributed by atoms with Gasteiger partial charge in [0.15, 0.2) is 0 Å². The summed E-state index contributed by atoms with van der Waals surface area (Å²) in [6, 6.07) is 20.0. The molecule has 29 heavy (non-hydrogen) atoms. The van der Waals surface area contributed by atoms with E-state index in [0.717, 1.165) is 26.5 Å². The summed E-state index contributed by atoms with van der Waals surface area (Å²) in [6.07, 6.45) is 0. The van der Waals surface area contributed by atoms with E-state index in [0.29, 0.717) is 15.8 Å². The van der Waals surface area contributed by atoms with Crippen LogP contribution in [-0.2, 0) is 6.54 Å². The normalized spacial score (nSPS) is 11.3. The van der Waals surface area contributed by atoms with Gasteiger partial charge in [-0.2, -0.15) is 0 Å². The van der Waals surface area contributed by atoms with E-state index < -0.39 is 11.5 Å². The van der Waals surface area contributed by atoms with Gasteiger partial charge < -0.3 is 0 Å². The summed E-state index contributed by atoms with van der Waals surface area (Å²) in [5, 5.41) is 4.56. The molecule has 4 nitrogen and oxygen atoms in total. The molecule has 5 rings (SSSR count). The number of hydrogen-bond donors (Lipinski definition) is 1. The molecule has 0 aliphatic carbocycles. The van der Waals surface area contributed by atoms with Crippen molar-refractivity contribution in [1.82, 2.24) is 9.55 Å². The number of halogens is 1. The number of nitrogens with one attached hydrogen (secondary N) is 1. The molecule has 5 aromatic rings. The first-order valence-corrected chi connectivity index (χ1v) is 9.96. The second-order valence-corrected chi connectivity index (χ2v) is 7.75. The van der Waals surface area contributed by atoms with E-state index in [4.69, 9.17) is 0 Å². The van der Waals surface area contributed by atoms with Gasteiger partial charge in [0, 0.05) is 10.9 Å². The van der Waals surface area contributed by atoms with Gasteiger partial charge in [0.1, 0.15) is 10.6 Å². The predicted molar refractivity (Wildman–Crippen MR) is 115 cm³/mol. The maximum Gasteiger partial charge on any atom is 0.329 e. The highest BCUT2D eigenvalue weighted by atomic mass is 32.1. The number of fused-ring (bicyclic) bond motifs is 2. The summed E-state index contributed by atoms with van der Waals surface area (Å²) in [5.41, 5.74) is 1.37. The molecule has 0 amide bonds. The third-order valence-corrected chi connectivity index (χ3v) is 5.90. The Morgan fingerprint density at radius 3 is 2.59 bits per heavy atom. The van der Waals surface area contributed by atoms with Crippen LogP contribution >= 0.6 is 11.3 Å². The molecule has 3 aromatic carbocycles. The van der Waals surface area contributed by atoms with E-state index in [1.54, 1.807) is 12.1 Å². The zero-order valence-electron chi connectivity index (χ0n) is 15.2. The summed E-state index contributed by atoms with van der Waals surface area (Å²) in [6.45, 7) is 0.00880. The molecule has 2 heterocycles. The number of benzene rings is 3. The topological polar surface area (TPSA) is 54.9 Å². The number of H-pyrrole nitrogens is 1. The summed E-state index contributed by atoms with van der Waals surface area (Å²) in [5.74, 6) is -0.402. The van der Waals surface area contributed by atoms with E-state index in [-0.39, 0.29) is 12.1 Å². The van der Waals surface area contributed by atoms with Crippen LogP contribution in [0.5, 0.6) is 0 Å². The minimum Gasteiger partial charge on any atom is -0.298 e. The lowest BCUT2D eigenvalue weighted by molar-refractivity contribution is 0.621. The van der Waals surface area contributed by atoms with Gasteiger partial charge >= 0.3 is 5.69 Å². The number of rotatable bonds is 3. The van der Waals surface area contributed by atoms with Crippen LogP contribution in [0.1, 0.15) is 5.56 Å². The van der Waals surface area contributed by atoms with Crippen molar-refractivity contribution in [2.24, 2.45) is 0 Å². The van der Waals surface area contributed by atoms with Gasteiger partial charge in [-0.3, -0.25) is 14.3 Å². The fourth-order valence-corrected chi connectivity index (χ4v) is 4.54. The fraction of sp³-hybridized carbons (Fsp3) is 0.0435. The van der Waals surface area contributed by atoms with Crippen molar-refractivity contribution in [3.63, 3.8) is 0 Å². The monoisotopic (exact) mass is 402 g/mol. The van der Waals surface area contributed by atoms with Crippen LogP contribution in [0.15, 0.2) is 81.7 Å². The Bertz CT molecular complexity index is 1500. The molecule has 0 aliphatic rings. The zero-order chi connectivity index (χ0) is 20.0. The van der Waals surface area contributed by atoms with Crippen molar-refractivity contribution >= 4 is 32.3 Å². The van der Waals surface area contributed by atoms with Gasteiger partial charge in [-0.05, 0) is 40.1 Å². The lowest BCUT2D eigenvalue weighted by Crippen LogP contribution is -2.35. The van der Waals surface area contributed by atoms with Gasteiger partial charge in [0.25, 0.3) is 5.56 Å². The number of aromatic nitrogens is 2. The molecule has 1 N–H and O–H groups in total. The molecular formula is C23H15FN2O2S. The van der Waals surface area contributed by atoms with Gasteiger partial charge in [0.2, 0.25) is 0 Å². The Morgan fingerprint density at radius 1 is 0.931 bits per heavy atom. The standard InChI is InChI=1S/C23H15FN2O2S/c24-18-7-3-4-14(10-18)12-26-22(27)20-19(13-29-21(20)25-23(26)28)17-9-8-15-5-1-2-6-16(15)11-17/h1-11,13H,12H2,(H,25,28). The van der Waals surface area contributed by atoms with Crippen molar-refractivity contribution in [2.45, 2.75) is 6.54 Å². The first kappa shape index (κ1) is 17.6. The maximum absolute atomic E-state index is 13.5. The molecule has 0 bridgehead atoms. The minimum absolute atomic E-state index is 0.00880. The van der Waals surface area contributed by atoms with Gasteiger partial charge in [-0.15, -0.1) is 11.3 Å². The molecule has 0 unspecified atom stereocenters. The lowest BCUT2D eigenvalue weighted by Gasteiger charge is -2.07. The highest BCUT2D eigenvalue weighted by molar-refractivity contribution is 7.17. The Hall–Kier alpha value is -3.51. The minimum atomic E-state index is -0.501. The maximum atomic E-state index is 13.5. The Labute approximate surface area is 168 Å². The number of thiophene rings is 1. The predicted octanol–water partition coefficient (Wildman–Crippen LogP) is 4.76. The third kappa shape index (κ3) is 3.07. The van der Waals surface area contributed by atoms with Crippen molar-refractivity contribution in [3.8, 4) is 11.1 Å².